The van der Waals surface area contributed by atoms with E-state index in [1.165, 1.54) is 4.88 Å². The molecule has 2 rings (SSSR count). The fourth-order valence-electron chi connectivity index (χ4n) is 2.12. The summed E-state index contributed by atoms with van der Waals surface area (Å²) in [6.45, 7) is 3.83. The smallest absolute Gasteiger partial charge is 0.240 e. The van der Waals surface area contributed by atoms with Crippen LogP contribution in [-0.2, 0) is 11.3 Å². The van der Waals surface area contributed by atoms with E-state index in [0.717, 1.165) is 19.5 Å². The number of nitrogens with zero attached hydrogens (tertiary/aromatic N) is 1. The first-order valence-electron chi connectivity index (χ1n) is 5.69. The molecule has 0 spiro atoms. The van der Waals surface area contributed by atoms with E-state index in [1.54, 1.807) is 11.3 Å². The highest BCUT2D eigenvalue weighted by atomic mass is 32.1. The molecule has 2 atom stereocenters. The van der Waals surface area contributed by atoms with Crippen LogP contribution in [0.15, 0.2) is 17.5 Å². The number of thiophene rings is 1. The minimum absolute atomic E-state index is 0.0185. The molecular weight excluding hydrogens is 220 g/mol. The summed E-state index contributed by atoms with van der Waals surface area (Å²) in [5.41, 5.74) is 0. The topological polar surface area (TPSA) is 32.3 Å². The van der Waals surface area contributed by atoms with Crippen molar-refractivity contribution in [3.8, 4) is 0 Å². The second kappa shape index (κ2) is 4.97. The van der Waals surface area contributed by atoms with E-state index < -0.39 is 0 Å². The van der Waals surface area contributed by atoms with Gasteiger partial charge in [0.1, 0.15) is 0 Å². The molecule has 3 nitrogen and oxygen atoms in total. The van der Waals surface area contributed by atoms with Gasteiger partial charge in [-0.3, -0.25) is 4.79 Å². The molecule has 1 N–H and O–H groups in total. The van der Waals surface area contributed by atoms with Gasteiger partial charge in [-0.1, -0.05) is 13.0 Å². The molecule has 0 aromatic carbocycles. The molecule has 1 aromatic heterocycles. The van der Waals surface area contributed by atoms with Crippen molar-refractivity contribution in [3.05, 3.63) is 22.4 Å². The molecule has 1 fully saturated rings. The van der Waals surface area contributed by atoms with Crippen LogP contribution >= 0.6 is 11.3 Å². The fraction of sp³-hybridized carbons (Fsp3) is 0.583. The van der Waals surface area contributed by atoms with E-state index in [4.69, 9.17) is 0 Å². The summed E-state index contributed by atoms with van der Waals surface area (Å²) in [6.07, 6.45) is 1.10. The summed E-state index contributed by atoms with van der Waals surface area (Å²) in [7, 11) is 1.88. The van der Waals surface area contributed by atoms with Crippen molar-refractivity contribution < 1.29 is 4.79 Å². The molecule has 0 aliphatic carbocycles. The summed E-state index contributed by atoms with van der Waals surface area (Å²) in [5.74, 6) is 0.677. The first-order valence-corrected chi connectivity index (χ1v) is 6.57. The van der Waals surface area contributed by atoms with Crippen LogP contribution in [0.1, 0.15) is 18.2 Å². The van der Waals surface area contributed by atoms with Gasteiger partial charge in [0, 0.05) is 11.9 Å². The predicted octanol–water partition coefficient (Wildman–Crippen LogP) is 1.70. The SMILES string of the molecule is CC1CCNC1C(=O)N(C)Cc1cccs1. The van der Waals surface area contributed by atoms with Gasteiger partial charge in [0.05, 0.1) is 12.6 Å². The molecule has 16 heavy (non-hydrogen) atoms. The van der Waals surface area contributed by atoms with Crippen molar-refractivity contribution in [2.24, 2.45) is 5.92 Å². The van der Waals surface area contributed by atoms with E-state index in [2.05, 4.69) is 18.3 Å². The molecule has 1 amide bonds. The lowest BCUT2D eigenvalue weighted by molar-refractivity contribution is -0.133. The lowest BCUT2D eigenvalue weighted by atomic mass is 10.0. The third kappa shape index (κ3) is 2.44. The third-order valence-electron chi connectivity index (χ3n) is 3.15. The maximum absolute atomic E-state index is 12.2. The van der Waals surface area contributed by atoms with Crippen LogP contribution in [0.25, 0.3) is 0 Å². The van der Waals surface area contributed by atoms with Gasteiger partial charge in [-0.2, -0.15) is 0 Å². The lowest BCUT2D eigenvalue weighted by Gasteiger charge is -2.23. The van der Waals surface area contributed by atoms with Crippen LogP contribution < -0.4 is 5.32 Å². The van der Waals surface area contributed by atoms with Gasteiger partial charge in [-0.25, -0.2) is 0 Å². The zero-order valence-electron chi connectivity index (χ0n) is 9.77. The number of hydrogen-bond donors (Lipinski definition) is 1. The van der Waals surface area contributed by atoms with Crippen molar-refractivity contribution in [1.29, 1.82) is 0 Å². The first kappa shape index (κ1) is 11.6. The minimum Gasteiger partial charge on any atom is -0.339 e. The minimum atomic E-state index is 0.0185. The van der Waals surface area contributed by atoms with Crippen LogP contribution in [0, 0.1) is 5.92 Å². The Bertz CT molecular complexity index is 350. The average Bonchev–Trinajstić information content (AvgIpc) is 2.88. The standard InChI is InChI=1S/C12H18N2OS/c1-9-5-6-13-11(9)12(15)14(2)8-10-4-3-7-16-10/h3-4,7,9,11,13H,5-6,8H2,1-2H3. The van der Waals surface area contributed by atoms with Crippen LogP contribution in [0.3, 0.4) is 0 Å². The third-order valence-corrected chi connectivity index (χ3v) is 4.01. The Morgan fingerprint density at radius 3 is 3.06 bits per heavy atom. The number of nitrogens with one attached hydrogen (secondary N) is 1. The molecule has 88 valence electrons. The van der Waals surface area contributed by atoms with Crippen molar-refractivity contribution in [3.63, 3.8) is 0 Å². The quantitative estimate of drug-likeness (QED) is 0.869. The second-order valence-electron chi connectivity index (χ2n) is 4.47. The maximum Gasteiger partial charge on any atom is 0.240 e. The monoisotopic (exact) mass is 238 g/mol. The number of hydrogen-bond acceptors (Lipinski definition) is 3. The molecule has 0 saturated carbocycles. The van der Waals surface area contributed by atoms with Crippen molar-refractivity contribution >= 4 is 17.2 Å². The Labute approximate surface area is 100 Å². The maximum atomic E-state index is 12.2. The Hall–Kier alpha value is -0.870. The fourth-order valence-corrected chi connectivity index (χ4v) is 2.87. The Balaban J connectivity index is 1.94. The van der Waals surface area contributed by atoms with Gasteiger partial charge in [0.25, 0.3) is 0 Å². The largest absolute Gasteiger partial charge is 0.339 e. The summed E-state index contributed by atoms with van der Waals surface area (Å²) in [4.78, 5) is 15.2. The number of amides is 1. The summed E-state index contributed by atoms with van der Waals surface area (Å²) in [5, 5.41) is 5.32. The number of carbonyl (C=O) groups is 1. The van der Waals surface area contributed by atoms with Gasteiger partial charge in [-0.15, -0.1) is 11.3 Å². The van der Waals surface area contributed by atoms with E-state index >= 15 is 0 Å². The Morgan fingerprint density at radius 2 is 2.50 bits per heavy atom. The molecule has 1 aromatic rings. The van der Waals surface area contributed by atoms with Crippen molar-refractivity contribution in [2.45, 2.75) is 25.9 Å². The van der Waals surface area contributed by atoms with Gasteiger partial charge in [-0.05, 0) is 30.3 Å². The molecule has 1 aliphatic heterocycles. The summed E-state index contributed by atoms with van der Waals surface area (Å²) >= 11 is 1.70. The number of rotatable bonds is 3. The van der Waals surface area contributed by atoms with E-state index in [0.29, 0.717) is 5.92 Å². The molecule has 4 heteroatoms. The average molecular weight is 238 g/mol. The zero-order chi connectivity index (χ0) is 11.5. The molecule has 2 unspecified atom stereocenters. The summed E-state index contributed by atoms with van der Waals surface area (Å²) in [6, 6.07) is 4.11. The van der Waals surface area contributed by atoms with Gasteiger partial charge >= 0.3 is 0 Å². The molecule has 0 radical (unpaired) electrons. The zero-order valence-corrected chi connectivity index (χ0v) is 10.6. The predicted molar refractivity (Wildman–Crippen MR) is 66.4 cm³/mol. The first-order chi connectivity index (χ1) is 7.68. The van der Waals surface area contributed by atoms with Gasteiger partial charge in [0.2, 0.25) is 5.91 Å². The van der Waals surface area contributed by atoms with Crippen LogP contribution in [0.4, 0.5) is 0 Å². The van der Waals surface area contributed by atoms with Crippen LogP contribution in [0.2, 0.25) is 0 Å². The Morgan fingerprint density at radius 1 is 1.69 bits per heavy atom. The lowest BCUT2D eigenvalue weighted by Crippen LogP contribution is -2.43. The highest BCUT2D eigenvalue weighted by Gasteiger charge is 2.31. The molecule has 1 aliphatic rings. The molecule has 2 heterocycles. The molecule has 1 saturated heterocycles. The van der Waals surface area contributed by atoms with Gasteiger partial charge in [0.15, 0.2) is 0 Å². The molecular formula is C12H18N2OS. The molecule has 0 bridgehead atoms. The van der Waals surface area contributed by atoms with Crippen molar-refractivity contribution in [2.75, 3.05) is 13.6 Å². The van der Waals surface area contributed by atoms with E-state index in [9.17, 15) is 4.79 Å². The number of carbonyl (C=O) groups excluding carboxylic acids is 1. The van der Waals surface area contributed by atoms with Gasteiger partial charge < -0.3 is 10.2 Å². The number of likely N-dealkylation sites (N-methyl/N-ethyl adjacent to an activating group) is 1. The van der Waals surface area contributed by atoms with Crippen molar-refractivity contribution in [1.82, 2.24) is 10.2 Å². The van der Waals surface area contributed by atoms with E-state index in [-0.39, 0.29) is 11.9 Å². The highest BCUT2D eigenvalue weighted by Crippen LogP contribution is 2.18. The van der Waals surface area contributed by atoms with Crippen LogP contribution in [-0.4, -0.2) is 30.4 Å². The highest BCUT2D eigenvalue weighted by molar-refractivity contribution is 7.09. The normalized spacial score (nSPS) is 24.6. The van der Waals surface area contributed by atoms with E-state index in [1.807, 2.05) is 23.4 Å². The second-order valence-corrected chi connectivity index (χ2v) is 5.50. The van der Waals surface area contributed by atoms with Crippen LogP contribution in [0.5, 0.6) is 0 Å². The summed E-state index contributed by atoms with van der Waals surface area (Å²) < 4.78 is 0. The Kier molecular flexibility index (Phi) is 3.61.